The summed E-state index contributed by atoms with van der Waals surface area (Å²) >= 11 is 0. The van der Waals surface area contributed by atoms with Gasteiger partial charge in [0.2, 0.25) is 0 Å². The van der Waals surface area contributed by atoms with Crippen LogP contribution < -0.4 is 5.73 Å². The Kier molecular flexibility index (Phi) is 4.77. The van der Waals surface area contributed by atoms with Gasteiger partial charge in [-0.25, -0.2) is 0 Å². The molecule has 1 heterocycles. The van der Waals surface area contributed by atoms with Gasteiger partial charge in [-0.15, -0.1) is 0 Å². The van der Waals surface area contributed by atoms with Gasteiger partial charge in [-0.2, -0.15) is 0 Å². The van der Waals surface area contributed by atoms with Crippen molar-refractivity contribution in [1.29, 1.82) is 0 Å². The minimum absolute atomic E-state index is 0.235. The Bertz CT molecular complexity index is 203. The molecule has 1 aliphatic rings. The smallest absolute Gasteiger partial charge is 0.0327 e. The molecule has 0 aromatic heterocycles. The molecule has 1 fully saturated rings. The molecule has 1 saturated heterocycles. The number of hydrogen-bond donors (Lipinski definition) is 1. The van der Waals surface area contributed by atoms with Gasteiger partial charge in [0.1, 0.15) is 0 Å². The van der Waals surface area contributed by atoms with Crippen LogP contribution >= 0.6 is 0 Å². The highest BCUT2D eigenvalue weighted by Crippen LogP contribution is 2.31. The number of nitrogens with zero attached hydrogens (tertiary/aromatic N) is 2. The number of rotatable bonds is 5. The third kappa shape index (κ3) is 2.41. The van der Waals surface area contributed by atoms with Crippen molar-refractivity contribution in [3.05, 3.63) is 0 Å². The summed E-state index contributed by atoms with van der Waals surface area (Å²) in [6.07, 6.45) is 2.32. The zero-order valence-corrected chi connectivity index (χ0v) is 11.7. The van der Waals surface area contributed by atoms with E-state index in [9.17, 15) is 0 Å². The second-order valence-electron chi connectivity index (χ2n) is 5.55. The van der Waals surface area contributed by atoms with E-state index in [-0.39, 0.29) is 5.54 Å². The van der Waals surface area contributed by atoms with Crippen molar-refractivity contribution < 1.29 is 0 Å². The molecule has 0 spiro atoms. The monoisotopic (exact) mass is 227 g/mol. The van der Waals surface area contributed by atoms with E-state index < -0.39 is 0 Å². The normalized spacial score (nSPS) is 27.9. The summed E-state index contributed by atoms with van der Waals surface area (Å²) in [5, 5.41) is 0. The third-order valence-corrected chi connectivity index (χ3v) is 4.60. The second-order valence-corrected chi connectivity index (χ2v) is 5.55. The molecule has 96 valence electrons. The Labute approximate surface area is 101 Å². The van der Waals surface area contributed by atoms with E-state index in [0.717, 1.165) is 25.3 Å². The first kappa shape index (κ1) is 13.9. The highest BCUT2D eigenvalue weighted by atomic mass is 15.3. The van der Waals surface area contributed by atoms with Gasteiger partial charge in [0, 0.05) is 31.2 Å². The summed E-state index contributed by atoms with van der Waals surface area (Å²) in [6, 6.07) is 0.684. The summed E-state index contributed by atoms with van der Waals surface area (Å²) in [7, 11) is 4.37. The SMILES string of the molecule is CCC(CC)(CN)N1CC(C)C(N(C)C)C1. The van der Waals surface area contributed by atoms with Gasteiger partial charge < -0.3 is 10.6 Å². The van der Waals surface area contributed by atoms with Crippen LogP contribution in [0.15, 0.2) is 0 Å². The lowest BCUT2D eigenvalue weighted by atomic mass is 9.91. The predicted molar refractivity (Wildman–Crippen MR) is 70.6 cm³/mol. The Morgan fingerprint density at radius 1 is 1.25 bits per heavy atom. The Morgan fingerprint density at radius 2 is 1.81 bits per heavy atom. The van der Waals surface area contributed by atoms with Crippen molar-refractivity contribution in [2.45, 2.75) is 45.2 Å². The van der Waals surface area contributed by atoms with E-state index in [1.165, 1.54) is 13.1 Å². The number of likely N-dealkylation sites (tertiary alicyclic amines) is 1. The van der Waals surface area contributed by atoms with Crippen molar-refractivity contribution in [3.8, 4) is 0 Å². The topological polar surface area (TPSA) is 32.5 Å². The van der Waals surface area contributed by atoms with Crippen molar-refractivity contribution in [3.63, 3.8) is 0 Å². The van der Waals surface area contributed by atoms with Gasteiger partial charge in [-0.1, -0.05) is 20.8 Å². The fourth-order valence-corrected chi connectivity index (χ4v) is 3.12. The van der Waals surface area contributed by atoms with Crippen molar-refractivity contribution in [2.24, 2.45) is 11.7 Å². The quantitative estimate of drug-likeness (QED) is 0.770. The molecule has 1 rings (SSSR count). The van der Waals surface area contributed by atoms with Gasteiger partial charge in [0.25, 0.3) is 0 Å². The van der Waals surface area contributed by atoms with E-state index in [4.69, 9.17) is 5.73 Å². The van der Waals surface area contributed by atoms with Crippen molar-refractivity contribution in [2.75, 3.05) is 33.7 Å². The largest absolute Gasteiger partial charge is 0.329 e. The molecule has 2 N–H and O–H groups in total. The first-order chi connectivity index (χ1) is 7.50. The summed E-state index contributed by atoms with van der Waals surface area (Å²) in [5.41, 5.74) is 6.26. The van der Waals surface area contributed by atoms with E-state index in [1.807, 2.05) is 0 Å². The van der Waals surface area contributed by atoms with Crippen LogP contribution in [-0.2, 0) is 0 Å². The molecule has 0 saturated carbocycles. The minimum Gasteiger partial charge on any atom is -0.329 e. The van der Waals surface area contributed by atoms with Crippen molar-refractivity contribution in [1.82, 2.24) is 9.80 Å². The molecule has 0 aromatic rings. The molecule has 0 radical (unpaired) electrons. The van der Waals surface area contributed by atoms with Crippen LogP contribution in [0.2, 0.25) is 0 Å². The summed E-state index contributed by atoms with van der Waals surface area (Å²) in [4.78, 5) is 4.99. The van der Waals surface area contributed by atoms with Gasteiger partial charge in [0.15, 0.2) is 0 Å². The van der Waals surface area contributed by atoms with Gasteiger partial charge in [-0.05, 0) is 32.9 Å². The van der Waals surface area contributed by atoms with Crippen LogP contribution in [0.4, 0.5) is 0 Å². The average Bonchev–Trinajstić information content (AvgIpc) is 2.64. The lowest BCUT2D eigenvalue weighted by Crippen LogP contribution is -2.52. The highest BCUT2D eigenvalue weighted by molar-refractivity contribution is 4.97. The van der Waals surface area contributed by atoms with Crippen LogP contribution in [0, 0.1) is 5.92 Å². The average molecular weight is 227 g/mol. The van der Waals surface area contributed by atoms with E-state index in [2.05, 4.69) is 44.7 Å². The second kappa shape index (κ2) is 5.48. The molecule has 0 aromatic carbocycles. The molecular formula is C13H29N3. The Morgan fingerprint density at radius 3 is 2.12 bits per heavy atom. The summed E-state index contributed by atoms with van der Waals surface area (Å²) in [5.74, 6) is 0.749. The standard InChI is InChI=1S/C13H29N3/c1-6-13(7-2,10-14)16-8-11(3)12(9-16)15(4)5/h11-12H,6-10,14H2,1-5H3. The molecule has 3 heteroatoms. The third-order valence-electron chi connectivity index (χ3n) is 4.60. The van der Waals surface area contributed by atoms with Crippen molar-refractivity contribution >= 4 is 0 Å². The maximum absolute atomic E-state index is 6.02. The first-order valence-electron chi connectivity index (χ1n) is 6.62. The van der Waals surface area contributed by atoms with E-state index >= 15 is 0 Å². The lowest BCUT2D eigenvalue weighted by molar-refractivity contribution is 0.104. The van der Waals surface area contributed by atoms with Crippen LogP contribution in [0.3, 0.4) is 0 Å². The number of likely N-dealkylation sites (N-methyl/N-ethyl adjacent to an activating group) is 1. The van der Waals surface area contributed by atoms with Gasteiger partial charge in [-0.3, -0.25) is 4.90 Å². The maximum atomic E-state index is 6.02. The zero-order chi connectivity index (χ0) is 12.3. The van der Waals surface area contributed by atoms with Crippen LogP contribution in [0.5, 0.6) is 0 Å². The molecule has 2 unspecified atom stereocenters. The van der Waals surface area contributed by atoms with E-state index in [1.54, 1.807) is 0 Å². The predicted octanol–water partition coefficient (Wildman–Crippen LogP) is 1.39. The summed E-state index contributed by atoms with van der Waals surface area (Å²) in [6.45, 7) is 10.0. The molecule has 16 heavy (non-hydrogen) atoms. The Hall–Kier alpha value is -0.120. The molecule has 2 atom stereocenters. The summed E-state index contributed by atoms with van der Waals surface area (Å²) < 4.78 is 0. The Balaban J connectivity index is 2.76. The fraction of sp³-hybridized carbons (Fsp3) is 1.00. The molecule has 0 amide bonds. The fourth-order valence-electron chi connectivity index (χ4n) is 3.12. The van der Waals surface area contributed by atoms with Crippen LogP contribution in [0.25, 0.3) is 0 Å². The maximum Gasteiger partial charge on any atom is 0.0327 e. The first-order valence-corrected chi connectivity index (χ1v) is 6.62. The molecular weight excluding hydrogens is 198 g/mol. The van der Waals surface area contributed by atoms with E-state index in [0.29, 0.717) is 6.04 Å². The van der Waals surface area contributed by atoms with Gasteiger partial charge >= 0.3 is 0 Å². The van der Waals surface area contributed by atoms with Crippen LogP contribution in [0.1, 0.15) is 33.6 Å². The minimum atomic E-state index is 0.235. The van der Waals surface area contributed by atoms with Gasteiger partial charge in [0.05, 0.1) is 0 Å². The molecule has 0 aliphatic carbocycles. The number of hydrogen-bond acceptors (Lipinski definition) is 3. The zero-order valence-electron chi connectivity index (χ0n) is 11.7. The molecule has 3 nitrogen and oxygen atoms in total. The lowest BCUT2D eigenvalue weighted by Gasteiger charge is -2.40. The van der Waals surface area contributed by atoms with Crippen LogP contribution in [-0.4, -0.2) is 55.1 Å². The molecule has 0 bridgehead atoms. The number of nitrogens with two attached hydrogens (primary N) is 1. The highest BCUT2D eigenvalue weighted by Gasteiger charge is 2.40. The molecule has 1 aliphatic heterocycles.